The van der Waals surface area contributed by atoms with Gasteiger partial charge in [-0.2, -0.15) is 0 Å². The van der Waals surface area contributed by atoms with Crippen LogP contribution in [0.4, 0.5) is 13.2 Å². The summed E-state index contributed by atoms with van der Waals surface area (Å²) in [5, 5.41) is 1.28. The predicted molar refractivity (Wildman–Crippen MR) is 111 cm³/mol. The molecule has 0 saturated carbocycles. The van der Waals surface area contributed by atoms with E-state index < -0.39 is 11.7 Å². The van der Waals surface area contributed by atoms with Gasteiger partial charge in [-0.15, -0.1) is 24.8 Å². The second kappa shape index (κ2) is 8.30. The molecule has 0 bridgehead atoms. The lowest BCUT2D eigenvalue weighted by atomic mass is 9.95. The third-order valence-electron chi connectivity index (χ3n) is 5.35. The molecular weight excluding hydrogens is 431 g/mol. The Kier molecular flexibility index (Phi) is 5.71. The summed E-state index contributed by atoms with van der Waals surface area (Å²) in [4.78, 5) is 14.5. The average molecular weight is 450 g/mol. The van der Waals surface area contributed by atoms with Gasteiger partial charge in [0.05, 0.1) is 13.2 Å². The molecule has 1 amide bonds. The molecule has 0 N–H and O–H groups in total. The van der Waals surface area contributed by atoms with E-state index in [4.69, 9.17) is 16.3 Å². The highest BCUT2D eigenvalue weighted by molar-refractivity contribution is 6.31. The normalized spacial score (nSPS) is 19.1. The summed E-state index contributed by atoms with van der Waals surface area (Å²) in [6.45, 7) is 0.200. The van der Waals surface area contributed by atoms with Crippen LogP contribution in [0.2, 0.25) is 0 Å². The van der Waals surface area contributed by atoms with E-state index in [1.165, 1.54) is 24.3 Å². The second-order valence-electron chi connectivity index (χ2n) is 7.28. The average Bonchev–Trinajstić information content (AvgIpc) is 3.01. The van der Waals surface area contributed by atoms with E-state index in [0.717, 1.165) is 16.3 Å². The molecule has 1 saturated heterocycles. The van der Waals surface area contributed by atoms with Gasteiger partial charge in [0, 0.05) is 12.1 Å². The van der Waals surface area contributed by atoms with Crippen LogP contribution >= 0.6 is 11.6 Å². The summed E-state index contributed by atoms with van der Waals surface area (Å²) in [6.07, 6.45) is -4.35. The Balaban J connectivity index is 1.68. The minimum atomic E-state index is -4.76. The number of ether oxygens (including phenoxy) is 2. The van der Waals surface area contributed by atoms with E-state index >= 15 is 0 Å². The monoisotopic (exact) mass is 449 g/mol. The third-order valence-corrected chi connectivity index (χ3v) is 5.72. The molecule has 0 radical (unpaired) electrons. The number of fused-ring (bicyclic) bond motifs is 1. The van der Waals surface area contributed by atoms with Crippen LogP contribution < -0.4 is 9.47 Å². The van der Waals surface area contributed by atoms with Gasteiger partial charge in [-0.05, 0) is 41.0 Å². The lowest BCUT2D eigenvalue weighted by Gasteiger charge is -2.27. The van der Waals surface area contributed by atoms with Crippen LogP contribution in [0.25, 0.3) is 10.8 Å². The van der Waals surface area contributed by atoms with Crippen LogP contribution in [0, 0.1) is 0 Å². The highest BCUT2D eigenvalue weighted by Crippen LogP contribution is 2.43. The van der Waals surface area contributed by atoms with Crippen molar-refractivity contribution in [2.75, 3.05) is 7.11 Å². The first-order valence-corrected chi connectivity index (χ1v) is 10.1. The van der Waals surface area contributed by atoms with Crippen LogP contribution in [-0.2, 0) is 11.3 Å². The van der Waals surface area contributed by atoms with E-state index in [1.807, 2.05) is 36.4 Å². The molecule has 0 spiro atoms. The quantitative estimate of drug-likeness (QED) is 0.460. The Morgan fingerprint density at radius 1 is 1.06 bits per heavy atom. The van der Waals surface area contributed by atoms with Gasteiger partial charge in [0.2, 0.25) is 5.91 Å². The van der Waals surface area contributed by atoms with Gasteiger partial charge in [0.1, 0.15) is 16.9 Å². The SMILES string of the molecule is COc1ccc2ccccc2c1[C@H]1C[C@H](Cl)C(=O)N1Cc1ccc(OC(F)(F)F)cc1. The molecule has 162 valence electrons. The Bertz CT molecular complexity index is 1100. The molecule has 0 unspecified atom stereocenters. The lowest BCUT2D eigenvalue weighted by Crippen LogP contribution is -2.29. The van der Waals surface area contributed by atoms with E-state index in [-0.39, 0.29) is 24.2 Å². The van der Waals surface area contributed by atoms with Crippen molar-refractivity contribution in [2.24, 2.45) is 0 Å². The Labute approximate surface area is 182 Å². The summed E-state index contributed by atoms with van der Waals surface area (Å²) in [5.41, 5.74) is 1.53. The van der Waals surface area contributed by atoms with Crippen molar-refractivity contribution in [2.45, 2.75) is 30.7 Å². The number of likely N-dealkylation sites (tertiary alicyclic amines) is 1. The fraction of sp³-hybridized carbons (Fsp3) is 0.261. The smallest absolute Gasteiger partial charge is 0.496 e. The minimum Gasteiger partial charge on any atom is -0.496 e. The molecule has 0 aromatic heterocycles. The highest BCUT2D eigenvalue weighted by atomic mass is 35.5. The summed E-state index contributed by atoms with van der Waals surface area (Å²) in [5.74, 6) is 0.116. The van der Waals surface area contributed by atoms with Gasteiger partial charge >= 0.3 is 6.36 Å². The fourth-order valence-corrected chi connectivity index (χ4v) is 4.30. The summed E-state index contributed by atoms with van der Waals surface area (Å²) < 4.78 is 46.7. The number of hydrogen-bond donors (Lipinski definition) is 0. The number of methoxy groups -OCH3 is 1. The van der Waals surface area contributed by atoms with E-state index in [1.54, 1.807) is 12.0 Å². The van der Waals surface area contributed by atoms with Gasteiger partial charge in [-0.3, -0.25) is 4.79 Å². The summed E-state index contributed by atoms with van der Waals surface area (Å²) in [7, 11) is 1.58. The van der Waals surface area contributed by atoms with Crippen LogP contribution in [0.1, 0.15) is 23.6 Å². The third kappa shape index (κ3) is 4.42. The molecule has 2 atom stereocenters. The molecule has 4 nitrogen and oxygen atoms in total. The zero-order valence-electron chi connectivity index (χ0n) is 16.5. The van der Waals surface area contributed by atoms with E-state index in [0.29, 0.717) is 17.7 Å². The van der Waals surface area contributed by atoms with Crippen LogP contribution in [0.15, 0.2) is 60.7 Å². The van der Waals surface area contributed by atoms with Gasteiger partial charge in [0.15, 0.2) is 0 Å². The lowest BCUT2D eigenvalue weighted by molar-refractivity contribution is -0.274. The van der Waals surface area contributed by atoms with Crippen molar-refractivity contribution >= 4 is 28.3 Å². The van der Waals surface area contributed by atoms with Crippen LogP contribution in [0.3, 0.4) is 0 Å². The molecule has 1 aliphatic heterocycles. The van der Waals surface area contributed by atoms with Crippen molar-refractivity contribution in [1.82, 2.24) is 4.90 Å². The first-order chi connectivity index (χ1) is 14.8. The summed E-state index contributed by atoms with van der Waals surface area (Å²) >= 11 is 6.34. The van der Waals surface area contributed by atoms with Crippen molar-refractivity contribution in [1.29, 1.82) is 0 Å². The topological polar surface area (TPSA) is 38.8 Å². The molecule has 1 fully saturated rings. The maximum atomic E-state index is 12.9. The maximum absolute atomic E-state index is 12.9. The van der Waals surface area contributed by atoms with Gasteiger partial charge in [-0.25, -0.2) is 0 Å². The predicted octanol–water partition coefficient (Wildman–Crippen LogP) is 5.83. The Hall–Kier alpha value is -2.93. The number of nitrogens with zero attached hydrogens (tertiary/aromatic N) is 1. The molecule has 1 heterocycles. The Morgan fingerprint density at radius 2 is 1.77 bits per heavy atom. The number of amides is 1. The zero-order chi connectivity index (χ0) is 22.2. The second-order valence-corrected chi connectivity index (χ2v) is 7.81. The molecule has 3 aromatic rings. The van der Waals surface area contributed by atoms with Crippen molar-refractivity contribution in [3.8, 4) is 11.5 Å². The molecular formula is C23H19ClF3NO3. The Morgan fingerprint density at radius 3 is 2.45 bits per heavy atom. The van der Waals surface area contributed by atoms with E-state index in [2.05, 4.69) is 4.74 Å². The summed E-state index contributed by atoms with van der Waals surface area (Å²) in [6, 6.07) is 16.8. The number of alkyl halides is 4. The van der Waals surface area contributed by atoms with Gasteiger partial charge in [-0.1, -0.05) is 42.5 Å². The van der Waals surface area contributed by atoms with Crippen molar-refractivity contribution in [3.05, 3.63) is 71.8 Å². The molecule has 0 aliphatic carbocycles. The van der Waals surface area contributed by atoms with E-state index in [9.17, 15) is 18.0 Å². The standard InChI is InChI=1S/C23H19ClF3NO3/c1-30-20-11-8-15-4-2-3-5-17(15)21(20)19-12-18(24)22(29)28(19)13-14-6-9-16(10-7-14)31-23(25,26)27/h2-11,18-19H,12-13H2,1H3/t18-,19+/m0/s1. The van der Waals surface area contributed by atoms with Crippen LogP contribution in [-0.4, -0.2) is 29.7 Å². The first-order valence-electron chi connectivity index (χ1n) is 9.61. The number of carbonyl (C=O) groups is 1. The molecule has 8 heteroatoms. The fourth-order valence-electron chi connectivity index (χ4n) is 4.01. The number of hydrogen-bond acceptors (Lipinski definition) is 3. The number of benzene rings is 3. The van der Waals surface area contributed by atoms with Crippen molar-refractivity contribution < 1.29 is 27.4 Å². The molecule has 4 rings (SSSR count). The first kappa shape index (κ1) is 21.3. The number of rotatable bonds is 5. The molecule has 3 aromatic carbocycles. The number of carbonyl (C=O) groups excluding carboxylic acids is 1. The van der Waals surface area contributed by atoms with Crippen LogP contribution in [0.5, 0.6) is 11.5 Å². The van der Waals surface area contributed by atoms with Gasteiger partial charge < -0.3 is 14.4 Å². The maximum Gasteiger partial charge on any atom is 0.573 e. The highest BCUT2D eigenvalue weighted by Gasteiger charge is 2.41. The van der Waals surface area contributed by atoms with Crippen molar-refractivity contribution in [3.63, 3.8) is 0 Å². The minimum absolute atomic E-state index is 0.200. The largest absolute Gasteiger partial charge is 0.573 e. The zero-order valence-corrected chi connectivity index (χ0v) is 17.3. The van der Waals surface area contributed by atoms with Gasteiger partial charge in [0.25, 0.3) is 0 Å². The molecule has 31 heavy (non-hydrogen) atoms. The number of halogens is 4. The molecule has 1 aliphatic rings.